The number of halogens is 1. The van der Waals surface area contributed by atoms with Crippen molar-refractivity contribution in [2.75, 3.05) is 5.01 Å². The molecule has 0 fully saturated rings. The Bertz CT molecular complexity index is 362. The van der Waals surface area contributed by atoms with Gasteiger partial charge in [0.05, 0.1) is 5.69 Å². The Balaban J connectivity index is 2.54. The van der Waals surface area contributed by atoms with Gasteiger partial charge in [-0.25, -0.2) is 5.84 Å². The lowest BCUT2D eigenvalue weighted by Gasteiger charge is -2.28. The monoisotopic (exact) mass is 195 g/mol. The molecule has 0 saturated heterocycles. The van der Waals surface area contributed by atoms with Gasteiger partial charge in [0, 0.05) is 5.02 Å². The Morgan fingerprint density at radius 1 is 1.38 bits per heavy atom. The Morgan fingerprint density at radius 3 is 2.92 bits per heavy atom. The molecule has 1 aromatic rings. The largest absolute Gasteiger partial charge is 0.307 e. The predicted molar refractivity (Wildman–Crippen MR) is 55.1 cm³/mol. The minimum atomic E-state index is -0.272. The highest BCUT2D eigenvalue weighted by atomic mass is 35.5. The molecular weight excluding hydrogens is 186 g/mol. The summed E-state index contributed by atoms with van der Waals surface area (Å²) >= 11 is 5.84. The molecule has 0 bridgehead atoms. The Kier molecular flexibility index (Phi) is 2.00. The van der Waals surface area contributed by atoms with Crippen LogP contribution in [0.25, 0.3) is 6.08 Å². The highest BCUT2D eigenvalue weighted by molar-refractivity contribution is 6.31. The molecule has 2 rings (SSSR count). The van der Waals surface area contributed by atoms with E-state index in [9.17, 15) is 0 Å². The molecule has 1 aliphatic rings. The van der Waals surface area contributed by atoms with E-state index in [1.54, 1.807) is 6.07 Å². The molecule has 1 heterocycles. The fraction of sp³-hybridized carbons (Fsp3) is 0.111. The molecule has 0 spiro atoms. The molecular formula is C9H10ClN3. The van der Waals surface area contributed by atoms with E-state index in [1.165, 1.54) is 5.01 Å². The second-order valence-corrected chi connectivity index (χ2v) is 3.40. The normalized spacial score (nSPS) is 20.2. The van der Waals surface area contributed by atoms with Gasteiger partial charge < -0.3 is 5.73 Å². The van der Waals surface area contributed by atoms with Crippen LogP contribution >= 0.6 is 11.6 Å². The highest BCUT2D eigenvalue weighted by Crippen LogP contribution is 2.27. The Hall–Kier alpha value is -1.03. The minimum absolute atomic E-state index is 0.272. The zero-order valence-electron chi connectivity index (χ0n) is 6.94. The standard InChI is InChI=1S/C9H10ClN3/c10-7-3-1-6-2-4-9(11)13(12)8(6)5-7/h1-5,9H,11-12H2. The van der Waals surface area contributed by atoms with Gasteiger partial charge in [-0.15, -0.1) is 0 Å². The number of hydrogen-bond acceptors (Lipinski definition) is 3. The van der Waals surface area contributed by atoms with Crippen molar-refractivity contribution in [2.45, 2.75) is 6.17 Å². The first-order valence-corrected chi connectivity index (χ1v) is 4.33. The maximum absolute atomic E-state index is 5.84. The maximum Gasteiger partial charge on any atom is 0.111 e. The second kappa shape index (κ2) is 3.03. The summed E-state index contributed by atoms with van der Waals surface area (Å²) < 4.78 is 0. The van der Waals surface area contributed by atoms with Crippen LogP contribution < -0.4 is 16.6 Å². The number of rotatable bonds is 0. The number of hydrogen-bond donors (Lipinski definition) is 2. The van der Waals surface area contributed by atoms with Crippen molar-refractivity contribution in [1.29, 1.82) is 0 Å². The zero-order valence-corrected chi connectivity index (χ0v) is 7.70. The van der Waals surface area contributed by atoms with Crippen LogP contribution in [0.2, 0.25) is 5.02 Å². The fourth-order valence-electron chi connectivity index (χ4n) is 1.34. The molecule has 4 heteroatoms. The van der Waals surface area contributed by atoms with E-state index in [0.29, 0.717) is 5.02 Å². The van der Waals surface area contributed by atoms with E-state index in [1.807, 2.05) is 24.3 Å². The summed E-state index contributed by atoms with van der Waals surface area (Å²) in [6.07, 6.45) is 3.52. The van der Waals surface area contributed by atoms with E-state index in [2.05, 4.69) is 0 Å². The third-order valence-corrected chi connectivity index (χ3v) is 2.30. The summed E-state index contributed by atoms with van der Waals surface area (Å²) in [6, 6.07) is 5.55. The molecule has 13 heavy (non-hydrogen) atoms. The summed E-state index contributed by atoms with van der Waals surface area (Å²) in [7, 11) is 0. The molecule has 1 atom stereocenters. The molecule has 1 aromatic carbocycles. The minimum Gasteiger partial charge on any atom is -0.307 e. The Labute approximate surface area is 81.5 Å². The lowest BCUT2D eigenvalue weighted by Crippen LogP contribution is -2.47. The number of benzene rings is 1. The third kappa shape index (κ3) is 1.42. The number of nitrogens with zero attached hydrogens (tertiary/aromatic N) is 1. The molecule has 0 amide bonds. The average molecular weight is 196 g/mol. The topological polar surface area (TPSA) is 55.3 Å². The first kappa shape index (κ1) is 8.56. The predicted octanol–water partition coefficient (Wildman–Crippen LogP) is 1.33. The van der Waals surface area contributed by atoms with Gasteiger partial charge in [-0.2, -0.15) is 0 Å². The fourth-order valence-corrected chi connectivity index (χ4v) is 1.50. The van der Waals surface area contributed by atoms with Crippen molar-refractivity contribution < 1.29 is 0 Å². The molecule has 1 unspecified atom stereocenters. The van der Waals surface area contributed by atoms with Crippen LogP contribution in [-0.4, -0.2) is 6.17 Å². The maximum atomic E-state index is 5.84. The van der Waals surface area contributed by atoms with E-state index in [-0.39, 0.29) is 6.17 Å². The first-order valence-electron chi connectivity index (χ1n) is 3.96. The summed E-state index contributed by atoms with van der Waals surface area (Å²) in [5, 5.41) is 2.16. The van der Waals surface area contributed by atoms with Crippen LogP contribution in [0.3, 0.4) is 0 Å². The summed E-state index contributed by atoms with van der Waals surface area (Å²) in [4.78, 5) is 0. The lowest BCUT2D eigenvalue weighted by molar-refractivity contribution is 0.736. The van der Waals surface area contributed by atoms with E-state index in [4.69, 9.17) is 23.2 Å². The van der Waals surface area contributed by atoms with E-state index in [0.717, 1.165) is 11.3 Å². The van der Waals surface area contributed by atoms with Gasteiger partial charge in [-0.1, -0.05) is 23.7 Å². The zero-order chi connectivity index (χ0) is 9.42. The molecule has 3 nitrogen and oxygen atoms in total. The van der Waals surface area contributed by atoms with E-state index < -0.39 is 0 Å². The molecule has 68 valence electrons. The van der Waals surface area contributed by atoms with Crippen LogP contribution in [0, 0.1) is 0 Å². The van der Waals surface area contributed by atoms with Gasteiger partial charge in [0.15, 0.2) is 0 Å². The molecule has 0 aromatic heterocycles. The van der Waals surface area contributed by atoms with Crippen molar-refractivity contribution >= 4 is 23.4 Å². The SMILES string of the molecule is NC1C=Cc2ccc(Cl)cc2N1N. The van der Waals surface area contributed by atoms with Crippen molar-refractivity contribution in [3.63, 3.8) is 0 Å². The number of hydrazine groups is 1. The van der Waals surface area contributed by atoms with Crippen molar-refractivity contribution in [3.8, 4) is 0 Å². The summed E-state index contributed by atoms with van der Waals surface area (Å²) in [5.41, 5.74) is 7.61. The summed E-state index contributed by atoms with van der Waals surface area (Å²) in [6.45, 7) is 0. The quantitative estimate of drug-likeness (QED) is 0.615. The van der Waals surface area contributed by atoms with Crippen molar-refractivity contribution in [3.05, 3.63) is 34.9 Å². The van der Waals surface area contributed by atoms with Gasteiger partial charge in [0.25, 0.3) is 0 Å². The highest BCUT2D eigenvalue weighted by Gasteiger charge is 2.15. The van der Waals surface area contributed by atoms with Crippen LogP contribution in [-0.2, 0) is 0 Å². The van der Waals surface area contributed by atoms with Crippen LogP contribution in [0.15, 0.2) is 24.3 Å². The Morgan fingerprint density at radius 2 is 2.15 bits per heavy atom. The summed E-state index contributed by atoms with van der Waals surface area (Å²) in [5.74, 6) is 5.76. The first-order chi connectivity index (χ1) is 6.18. The van der Waals surface area contributed by atoms with E-state index >= 15 is 0 Å². The van der Waals surface area contributed by atoms with Crippen LogP contribution in [0.4, 0.5) is 5.69 Å². The number of anilines is 1. The second-order valence-electron chi connectivity index (χ2n) is 2.96. The third-order valence-electron chi connectivity index (χ3n) is 2.06. The number of fused-ring (bicyclic) bond motifs is 1. The van der Waals surface area contributed by atoms with Crippen molar-refractivity contribution in [1.82, 2.24) is 0 Å². The van der Waals surface area contributed by atoms with Gasteiger partial charge in [-0.05, 0) is 23.8 Å². The van der Waals surface area contributed by atoms with Crippen LogP contribution in [0.5, 0.6) is 0 Å². The molecule has 4 N–H and O–H groups in total. The smallest absolute Gasteiger partial charge is 0.111 e. The van der Waals surface area contributed by atoms with Crippen molar-refractivity contribution in [2.24, 2.45) is 11.6 Å². The van der Waals surface area contributed by atoms with Gasteiger partial charge >= 0.3 is 0 Å². The molecule has 0 saturated carbocycles. The lowest BCUT2D eigenvalue weighted by atomic mass is 10.1. The molecule has 0 radical (unpaired) electrons. The molecule has 0 aliphatic carbocycles. The van der Waals surface area contributed by atoms with Crippen LogP contribution in [0.1, 0.15) is 5.56 Å². The number of nitrogens with two attached hydrogens (primary N) is 2. The molecule has 1 aliphatic heterocycles. The van der Waals surface area contributed by atoms with Gasteiger partial charge in [0.1, 0.15) is 6.17 Å². The average Bonchev–Trinajstić information content (AvgIpc) is 2.12. The van der Waals surface area contributed by atoms with Gasteiger partial charge in [0.2, 0.25) is 0 Å². The van der Waals surface area contributed by atoms with Gasteiger partial charge in [-0.3, -0.25) is 5.01 Å².